The van der Waals surface area contributed by atoms with Crippen molar-refractivity contribution in [2.24, 2.45) is 11.8 Å². The molecule has 2 saturated heterocycles. The van der Waals surface area contributed by atoms with Gasteiger partial charge < -0.3 is 14.2 Å². The van der Waals surface area contributed by atoms with Gasteiger partial charge >= 0.3 is 11.9 Å². The zero-order valence-electron chi connectivity index (χ0n) is 11.7. The molecule has 4 unspecified atom stereocenters. The van der Waals surface area contributed by atoms with Crippen LogP contribution in [-0.2, 0) is 23.8 Å². The lowest BCUT2D eigenvalue weighted by molar-refractivity contribution is -0.190. The van der Waals surface area contributed by atoms with Crippen molar-refractivity contribution in [3.63, 3.8) is 0 Å². The molecule has 4 rings (SSSR count). The number of rotatable bonds is 4. The van der Waals surface area contributed by atoms with Crippen LogP contribution in [0.5, 0.6) is 0 Å². The van der Waals surface area contributed by atoms with Crippen LogP contribution in [0.4, 0.5) is 0 Å². The van der Waals surface area contributed by atoms with Gasteiger partial charge in [0.25, 0.3) is 0 Å². The number of carbonyl (C=O) groups excluding carboxylic acids is 2. The van der Waals surface area contributed by atoms with Crippen LogP contribution in [0.15, 0.2) is 12.2 Å². The number of hydrogen-bond donors (Lipinski definition) is 0. The summed E-state index contributed by atoms with van der Waals surface area (Å²) in [6.07, 6.45) is 4.15. The van der Waals surface area contributed by atoms with Gasteiger partial charge in [0.2, 0.25) is 0 Å². The lowest BCUT2D eigenvalue weighted by Crippen LogP contribution is -2.47. The fourth-order valence-electron chi connectivity index (χ4n) is 3.88. The zero-order chi connectivity index (χ0) is 14.3. The summed E-state index contributed by atoms with van der Waals surface area (Å²) >= 11 is 0. The van der Waals surface area contributed by atoms with Gasteiger partial charge in [-0.15, -0.1) is 0 Å². The smallest absolute Gasteiger partial charge is 0.335 e. The van der Waals surface area contributed by atoms with Crippen molar-refractivity contribution >= 4 is 11.9 Å². The van der Waals surface area contributed by atoms with Crippen molar-refractivity contribution in [3.05, 3.63) is 12.2 Å². The van der Waals surface area contributed by atoms with Crippen LogP contribution in [0.2, 0.25) is 0 Å². The molecule has 0 amide bonds. The van der Waals surface area contributed by atoms with Crippen molar-refractivity contribution in [3.8, 4) is 0 Å². The number of ether oxygens (including phenoxy) is 3. The topological polar surface area (TPSA) is 61.8 Å². The average molecular weight is 280 g/mol. The van der Waals surface area contributed by atoms with E-state index in [-0.39, 0.29) is 30.4 Å². The van der Waals surface area contributed by atoms with Crippen molar-refractivity contribution in [2.45, 2.75) is 50.7 Å². The molecule has 20 heavy (non-hydrogen) atoms. The Hall–Kier alpha value is -1.36. The normalized spacial score (nSPS) is 38.2. The molecular weight excluding hydrogens is 260 g/mol. The van der Waals surface area contributed by atoms with Crippen molar-refractivity contribution in [2.75, 3.05) is 6.79 Å². The molecule has 4 bridgehead atoms. The van der Waals surface area contributed by atoms with Gasteiger partial charge in [-0.3, -0.25) is 4.79 Å². The quantitative estimate of drug-likeness (QED) is 0.447. The first-order chi connectivity index (χ1) is 9.47. The van der Waals surface area contributed by atoms with Gasteiger partial charge in [0, 0.05) is 12.0 Å². The molecule has 2 saturated carbocycles. The Kier molecular flexibility index (Phi) is 3.32. The third kappa shape index (κ3) is 2.46. The standard InChI is InChI=1S/C15H20O5/c1-9(2)13(16)18-8-19-15-5-10-3-11(6-15)14(17)20-12(4-10)7-15/h10-12H,1,3-8H2,2H3. The van der Waals surface area contributed by atoms with Gasteiger partial charge in [-0.1, -0.05) is 6.58 Å². The van der Waals surface area contributed by atoms with Gasteiger partial charge in [-0.2, -0.15) is 0 Å². The average Bonchev–Trinajstić information content (AvgIpc) is 2.51. The number of fused-ring (bicyclic) bond motifs is 1. The first-order valence-corrected chi connectivity index (χ1v) is 7.14. The minimum atomic E-state index is -0.445. The maximum absolute atomic E-state index is 11.9. The second-order valence-corrected chi connectivity index (χ2v) is 6.36. The Morgan fingerprint density at radius 3 is 2.95 bits per heavy atom. The van der Waals surface area contributed by atoms with Crippen LogP contribution in [0, 0.1) is 11.8 Å². The summed E-state index contributed by atoms with van der Waals surface area (Å²) in [5.74, 6) is -0.102. The van der Waals surface area contributed by atoms with Crippen LogP contribution >= 0.6 is 0 Å². The molecule has 5 nitrogen and oxygen atoms in total. The second kappa shape index (κ2) is 4.88. The molecular formula is C15H20O5. The van der Waals surface area contributed by atoms with Crippen molar-refractivity contribution < 1.29 is 23.8 Å². The molecule has 5 heteroatoms. The monoisotopic (exact) mass is 280 g/mol. The predicted molar refractivity (Wildman–Crippen MR) is 69.5 cm³/mol. The molecule has 2 aliphatic heterocycles. The van der Waals surface area contributed by atoms with E-state index < -0.39 is 5.97 Å². The molecule has 4 aliphatic rings. The molecule has 4 fully saturated rings. The molecule has 0 spiro atoms. The highest BCUT2D eigenvalue weighted by Crippen LogP contribution is 2.51. The molecule has 0 aromatic carbocycles. The Morgan fingerprint density at radius 2 is 2.20 bits per heavy atom. The molecule has 4 atom stereocenters. The van der Waals surface area contributed by atoms with E-state index >= 15 is 0 Å². The van der Waals surface area contributed by atoms with Gasteiger partial charge in [-0.05, 0) is 38.5 Å². The van der Waals surface area contributed by atoms with Crippen LogP contribution in [0.25, 0.3) is 0 Å². The number of hydrogen-bond acceptors (Lipinski definition) is 5. The zero-order valence-corrected chi connectivity index (χ0v) is 11.7. The van der Waals surface area contributed by atoms with E-state index in [1.54, 1.807) is 6.92 Å². The maximum Gasteiger partial charge on any atom is 0.335 e. The summed E-state index contributed by atoms with van der Waals surface area (Å²) in [6, 6.07) is 0. The first kappa shape index (κ1) is 13.6. The van der Waals surface area contributed by atoms with Crippen LogP contribution < -0.4 is 0 Å². The largest absolute Gasteiger partial charge is 0.462 e. The number of esters is 2. The lowest BCUT2D eigenvalue weighted by atomic mass is 9.65. The molecule has 0 aromatic rings. The molecule has 2 heterocycles. The Bertz CT molecular complexity index is 457. The summed E-state index contributed by atoms with van der Waals surface area (Å²) in [7, 11) is 0. The Labute approximate surface area is 118 Å². The van der Waals surface area contributed by atoms with E-state index in [2.05, 4.69) is 6.58 Å². The van der Waals surface area contributed by atoms with Gasteiger partial charge in [0.15, 0.2) is 6.79 Å². The molecule has 0 radical (unpaired) electrons. The van der Waals surface area contributed by atoms with Gasteiger partial charge in [-0.25, -0.2) is 4.79 Å². The summed E-state index contributed by atoms with van der Waals surface area (Å²) < 4.78 is 16.4. The summed E-state index contributed by atoms with van der Waals surface area (Å²) in [6.45, 7) is 5.05. The van der Waals surface area contributed by atoms with E-state index in [4.69, 9.17) is 14.2 Å². The number of carbonyl (C=O) groups is 2. The fraction of sp³-hybridized carbons (Fsp3) is 0.733. The maximum atomic E-state index is 11.9. The molecule has 2 aliphatic carbocycles. The van der Waals surface area contributed by atoms with Crippen LogP contribution in [0.1, 0.15) is 39.0 Å². The van der Waals surface area contributed by atoms with E-state index in [1.165, 1.54) is 0 Å². The SMILES string of the molecule is C=C(C)C(=O)OCOC12CC3CC(C1)OC(=O)C(C3)C2. The highest BCUT2D eigenvalue weighted by Gasteiger charge is 2.53. The summed E-state index contributed by atoms with van der Waals surface area (Å²) in [4.78, 5) is 23.3. The minimum absolute atomic E-state index is 0.0365. The fourth-order valence-corrected chi connectivity index (χ4v) is 3.88. The van der Waals surface area contributed by atoms with Crippen LogP contribution in [0.3, 0.4) is 0 Å². The van der Waals surface area contributed by atoms with E-state index in [0.29, 0.717) is 17.9 Å². The molecule has 110 valence electrons. The van der Waals surface area contributed by atoms with E-state index in [9.17, 15) is 9.59 Å². The van der Waals surface area contributed by atoms with E-state index in [0.717, 1.165) is 25.7 Å². The second-order valence-electron chi connectivity index (χ2n) is 6.36. The third-order valence-electron chi connectivity index (χ3n) is 4.61. The third-order valence-corrected chi connectivity index (χ3v) is 4.61. The molecule has 0 N–H and O–H groups in total. The summed E-state index contributed by atoms with van der Waals surface area (Å²) in [5, 5.41) is 0. The van der Waals surface area contributed by atoms with Gasteiger partial charge in [0.05, 0.1) is 11.5 Å². The summed E-state index contributed by atoms with van der Waals surface area (Å²) in [5.41, 5.74) is -0.00674. The van der Waals surface area contributed by atoms with Crippen molar-refractivity contribution in [1.29, 1.82) is 0 Å². The van der Waals surface area contributed by atoms with E-state index in [1.807, 2.05) is 0 Å². The Balaban J connectivity index is 1.65. The highest BCUT2D eigenvalue weighted by atomic mass is 16.7. The van der Waals surface area contributed by atoms with Crippen molar-refractivity contribution in [1.82, 2.24) is 0 Å². The Morgan fingerprint density at radius 1 is 1.40 bits per heavy atom. The minimum Gasteiger partial charge on any atom is -0.462 e. The predicted octanol–water partition coefficient (Wildman–Crippen LogP) is 1.95. The lowest BCUT2D eigenvalue weighted by Gasteiger charge is -2.45. The van der Waals surface area contributed by atoms with Crippen LogP contribution in [-0.4, -0.2) is 30.4 Å². The first-order valence-electron chi connectivity index (χ1n) is 7.14. The highest BCUT2D eigenvalue weighted by molar-refractivity contribution is 5.86. The molecule has 0 aromatic heterocycles. The van der Waals surface area contributed by atoms with Gasteiger partial charge in [0.1, 0.15) is 6.10 Å².